The summed E-state index contributed by atoms with van der Waals surface area (Å²) in [6.45, 7) is 17.7. The van der Waals surface area contributed by atoms with Gasteiger partial charge in [0.05, 0.1) is 41.8 Å². The lowest BCUT2D eigenvalue weighted by Crippen LogP contribution is -2.34. The highest BCUT2D eigenvalue weighted by atomic mass is 16.6. The van der Waals surface area contributed by atoms with Crippen LogP contribution in [0.4, 0.5) is 22.7 Å². The molecule has 4 aliphatic rings. The van der Waals surface area contributed by atoms with E-state index in [1.807, 2.05) is 55.4 Å². The molecule has 4 aliphatic heterocycles. The van der Waals surface area contributed by atoms with Crippen molar-refractivity contribution in [1.29, 1.82) is 0 Å². The Kier molecular flexibility index (Phi) is 18.2. The van der Waals surface area contributed by atoms with E-state index in [4.69, 9.17) is 18.9 Å². The van der Waals surface area contributed by atoms with Crippen molar-refractivity contribution in [2.45, 2.75) is 77.5 Å². The lowest BCUT2D eigenvalue weighted by molar-refractivity contribution is -0.385. The predicted molar refractivity (Wildman–Crippen MR) is 275 cm³/mol. The molecule has 0 bridgehead atoms. The van der Waals surface area contributed by atoms with E-state index in [0.717, 1.165) is 0 Å². The maximum atomic E-state index is 11.9. The molecule has 0 aromatic heterocycles. The first-order valence-electron chi connectivity index (χ1n) is 23.2. The van der Waals surface area contributed by atoms with Gasteiger partial charge in [-0.2, -0.15) is 0 Å². The second-order valence-corrected chi connectivity index (χ2v) is 19.9. The van der Waals surface area contributed by atoms with Crippen LogP contribution in [0.3, 0.4) is 0 Å². The van der Waals surface area contributed by atoms with Crippen molar-refractivity contribution in [2.75, 3.05) is 26.4 Å². The van der Waals surface area contributed by atoms with Gasteiger partial charge in [-0.25, -0.2) is 0 Å². The number of ketones is 4. The lowest BCUT2D eigenvalue weighted by atomic mass is 10.1. The molecule has 4 aromatic carbocycles. The van der Waals surface area contributed by atoms with E-state index in [0.29, 0.717) is 72.2 Å². The van der Waals surface area contributed by atoms with Gasteiger partial charge in [-0.1, -0.05) is 0 Å². The van der Waals surface area contributed by atoms with Gasteiger partial charge in [-0.3, -0.25) is 59.6 Å². The second-order valence-electron chi connectivity index (χ2n) is 19.9. The third kappa shape index (κ3) is 17.3. The van der Waals surface area contributed by atoms with E-state index < -0.39 is 19.7 Å². The topological polar surface area (TPSA) is 326 Å². The van der Waals surface area contributed by atoms with Gasteiger partial charge in [-0.15, -0.1) is 0 Å². The second kappa shape index (κ2) is 24.0. The number of allylic oxidation sites excluding steroid dienone is 4. The van der Waals surface area contributed by atoms with Crippen molar-refractivity contribution in [3.63, 3.8) is 0 Å². The third-order valence-corrected chi connectivity index (χ3v) is 10.7. The number of ether oxygens (including phenoxy) is 4. The molecule has 400 valence electrons. The van der Waals surface area contributed by atoms with Crippen molar-refractivity contribution in [2.24, 2.45) is 0 Å². The first-order valence-corrected chi connectivity index (χ1v) is 23.2. The summed E-state index contributed by atoms with van der Waals surface area (Å²) in [5, 5.41) is 54.3. The minimum Gasteiger partial charge on any atom is -0.477 e. The number of non-ortho nitro benzene ring substituents is 4. The van der Waals surface area contributed by atoms with Gasteiger partial charge in [0.2, 0.25) is 0 Å². The van der Waals surface area contributed by atoms with Gasteiger partial charge in [0.1, 0.15) is 26.4 Å². The van der Waals surface area contributed by atoms with E-state index in [1.165, 1.54) is 121 Å². The fourth-order valence-corrected chi connectivity index (χ4v) is 6.77. The molecule has 24 nitrogen and oxygen atoms in total. The van der Waals surface area contributed by atoms with Crippen LogP contribution in [-0.2, 0) is 18.9 Å². The summed E-state index contributed by atoms with van der Waals surface area (Å²) in [7, 11) is 0. The van der Waals surface area contributed by atoms with Crippen LogP contribution in [0.15, 0.2) is 145 Å². The molecule has 4 heterocycles. The highest BCUT2D eigenvalue weighted by Gasteiger charge is 2.31. The highest BCUT2D eigenvalue weighted by molar-refractivity contribution is 6.06. The molecule has 0 amide bonds. The normalized spacial score (nSPS) is 18.7. The average molecular weight is 1050 g/mol. The largest absolute Gasteiger partial charge is 0.477 e. The van der Waals surface area contributed by atoms with Crippen molar-refractivity contribution in [3.8, 4) is 0 Å². The van der Waals surface area contributed by atoms with Crippen molar-refractivity contribution >= 4 is 45.9 Å². The molecule has 0 radical (unpaired) electrons. The minimum atomic E-state index is -0.503. The Hall–Kier alpha value is -9.48. The number of carbonyl (C=O) groups excluding carboxylic acids is 4. The van der Waals surface area contributed by atoms with Crippen LogP contribution in [-0.4, -0.2) is 91.4 Å². The van der Waals surface area contributed by atoms with Gasteiger partial charge >= 0.3 is 0 Å². The molecule has 8 rings (SSSR count). The molecule has 76 heavy (non-hydrogen) atoms. The number of benzene rings is 4. The van der Waals surface area contributed by atoms with Crippen LogP contribution in [0.1, 0.15) is 96.8 Å². The minimum absolute atomic E-state index is 0.0411. The predicted octanol–water partition coefficient (Wildman–Crippen LogP) is 8.07. The van der Waals surface area contributed by atoms with Crippen molar-refractivity contribution < 1.29 is 57.8 Å². The van der Waals surface area contributed by atoms with Gasteiger partial charge < -0.3 is 40.2 Å². The molecule has 4 saturated heterocycles. The number of nitrogens with zero attached hydrogens (tertiary/aromatic N) is 4. The van der Waals surface area contributed by atoms with Crippen LogP contribution in [0, 0.1) is 40.5 Å². The van der Waals surface area contributed by atoms with Gasteiger partial charge in [0, 0.05) is 95.1 Å². The average Bonchev–Trinajstić information content (AvgIpc) is 4.11. The smallest absolute Gasteiger partial charge is 0.269 e. The number of carbonyl (C=O) groups is 4. The number of nitrogens with one attached hydrogen (secondary N) is 4. The summed E-state index contributed by atoms with van der Waals surface area (Å²) in [6, 6.07) is 21.9. The van der Waals surface area contributed by atoms with Crippen molar-refractivity contribution in [3.05, 3.63) is 208 Å². The standard InChI is InChI=1S/4C13H14N2O4/c4*1-13(2)8-19-12(14-13)7-11(16)9-3-5-10(6-4-9)15(17)18/h4*3-7,14H,8H2,1-2H3/b4*12-7+. The summed E-state index contributed by atoms with van der Waals surface area (Å²) in [5.41, 5.74) is 0.594. The Morgan fingerprint density at radius 1 is 0.355 bits per heavy atom. The summed E-state index contributed by atoms with van der Waals surface area (Å²) < 4.78 is 21.4. The molecule has 0 spiro atoms. The Labute approximate surface area is 435 Å². The van der Waals surface area contributed by atoms with E-state index >= 15 is 0 Å². The van der Waals surface area contributed by atoms with Crippen molar-refractivity contribution in [1.82, 2.24) is 21.3 Å². The Balaban J connectivity index is 0.000000187. The van der Waals surface area contributed by atoms with E-state index in [-0.39, 0.29) is 68.0 Å². The van der Waals surface area contributed by atoms with Crippen LogP contribution in [0.2, 0.25) is 0 Å². The molecule has 0 unspecified atom stereocenters. The SMILES string of the molecule is CC1(C)CO/C(=C/C(=O)c2ccc([N+](=O)[O-])cc2)N1.CC1(C)CO/C(=C/C(=O)c2ccc([N+](=O)[O-])cc2)N1.CC1(C)CO/C(=C/C(=O)c2ccc([N+](=O)[O-])cc2)N1.CC1(C)CO/C(=C/C(=O)c2ccc([N+](=O)[O-])cc2)N1. The molecular formula is C52H56N8O16. The number of hydrogen-bond acceptors (Lipinski definition) is 20. The number of hydrogen-bond donors (Lipinski definition) is 4. The fourth-order valence-electron chi connectivity index (χ4n) is 6.77. The molecule has 0 saturated carbocycles. The molecule has 4 fully saturated rings. The molecule has 4 aromatic rings. The fraction of sp³-hybridized carbons (Fsp3) is 0.308. The number of nitro groups is 4. The highest BCUT2D eigenvalue weighted by Crippen LogP contribution is 2.23. The summed E-state index contributed by atoms with van der Waals surface area (Å²) in [4.78, 5) is 87.7. The Bertz CT molecular complexity index is 2590. The molecule has 0 atom stereocenters. The maximum Gasteiger partial charge on any atom is 0.269 e. The van der Waals surface area contributed by atoms with E-state index in [2.05, 4.69) is 21.3 Å². The maximum absolute atomic E-state index is 11.9. The van der Waals surface area contributed by atoms with Crippen LogP contribution >= 0.6 is 0 Å². The van der Waals surface area contributed by atoms with Gasteiger partial charge in [0.15, 0.2) is 46.7 Å². The van der Waals surface area contributed by atoms with Gasteiger partial charge in [0.25, 0.3) is 22.7 Å². The zero-order valence-corrected chi connectivity index (χ0v) is 42.7. The Morgan fingerprint density at radius 2 is 0.513 bits per heavy atom. The van der Waals surface area contributed by atoms with Crippen LogP contribution in [0.5, 0.6) is 0 Å². The summed E-state index contributed by atoms with van der Waals surface area (Å²) >= 11 is 0. The third-order valence-electron chi connectivity index (χ3n) is 10.7. The van der Waals surface area contributed by atoms with Gasteiger partial charge in [-0.05, 0) is 104 Å². The molecular weight excluding hydrogens is 993 g/mol. The quantitative estimate of drug-likeness (QED) is 0.0451. The monoisotopic (exact) mass is 1050 g/mol. The first kappa shape index (κ1) is 57.4. The number of rotatable bonds is 12. The molecule has 4 N–H and O–H groups in total. The van der Waals surface area contributed by atoms with E-state index in [1.54, 1.807) is 0 Å². The first-order chi connectivity index (χ1) is 35.5. The summed E-state index contributed by atoms with van der Waals surface area (Å²) in [5.74, 6) is 0.679. The van der Waals surface area contributed by atoms with E-state index in [9.17, 15) is 59.6 Å². The lowest BCUT2D eigenvalue weighted by Gasteiger charge is -2.13. The zero-order chi connectivity index (χ0) is 56.2. The molecule has 24 heteroatoms. The molecule has 0 aliphatic carbocycles. The zero-order valence-electron chi connectivity index (χ0n) is 42.7. The van der Waals surface area contributed by atoms with Crippen LogP contribution < -0.4 is 21.3 Å². The summed E-state index contributed by atoms with van der Waals surface area (Å²) in [6.07, 6.45) is 5.43. The number of nitro benzene ring substituents is 4. The Morgan fingerprint density at radius 3 is 0.632 bits per heavy atom. The van der Waals surface area contributed by atoms with Crippen LogP contribution in [0.25, 0.3) is 0 Å².